The summed E-state index contributed by atoms with van der Waals surface area (Å²) >= 11 is 0. The zero-order valence-electron chi connectivity index (χ0n) is 24.9. The quantitative estimate of drug-likeness (QED) is 0.180. The Kier molecular flexibility index (Phi) is 12.7. The van der Waals surface area contributed by atoms with Gasteiger partial charge in [0.1, 0.15) is 0 Å². The maximum atomic E-state index is 12.5. The van der Waals surface area contributed by atoms with Crippen molar-refractivity contribution < 1.29 is 14.3 Å². The summed E-state index contributed by atoms with van der Waals surface area (Å²) in [6, 6.07) is 7.12. The van der Waals surface area contributed by atoms with E-state index in [1.54, 1.807) is 18.2 Å². The third-order valence-electron chi connectivity index (χ3n) is 6.84. The smallest absolute Gasteiger partial charge is 0.354 e. The van der Waals surface area contributed by atoms with Gasteiger partial charge in [0.25, 0.3) is 5.91 Å². The fourth-order valence-electron chi connectivity index (χ4n) is 4.38. The van der Waals surface area contributed by atoms with E-state index in [2.05, 4.69) is 73.5 Å². The highest BCUT2D eigenvalue weighted by molar-refractivity contribution is 6.42. The molecule has 0 bridgehead atoms. The van der Waals surface area contributed by atoms with Crippen LogP contribution in [0.15, 0.2) is 29.4 Å². The maximum absolute atomic E-state index is 12.5. The Morgan fingerprint density at radius 1 is 0.902 bits per heavy atom. The van der Waals surface area contributed by atoms with Gasteiger partial charge in [-0.3, -0.25) is 4.79 Å². The Balaban J connectivity index is 1.73. The molecule has 1 aromatic heterocycles. The fraction of sp³-hybridized carbons (Fsp3) is 0.571. The first kappa shape index (κ1) is 31.7. The molecule has 224 valence electrons. The molecule has 3 N–H and O–H groups in total. The number of anilines is 5. The van der Waals surface area contributed by atoms with Crippen LogP contribution >= 0.6 is 0 Å². The summed E-state index contributed by atoms with van der Waals surface area (Å²) < 4.78 is 4.71. The molecule has 1 aliphatic rings. The highest BCUT2D eigenvalue weighted by Crippen LogP contribution is 2.25. The third kappa shape index (κ3) is 9.64. The molecule has 3 rings (SSSR count). The summed E-state index contributed by atoms with van der Waals surface area (Å²) in [6.45, 7) is 16.2. The van der Waals surface area contributed by atoms with Gasteiger partial charge in [-0.05, 0) is 70.3 Å². The van der Waals surface area contributed by atoms with Crippen LogP contribution in [0.4, 0.5) is 29.2 Å². The van der Waals surface area contributed by atoms with Crippen molar-refractivity contribution in [3.63, 3.8) is 0 Å². The zero-order chi connectivity index (χ0) is 29.6. The number of nitrogens with one attached hydrogen (secondary N) is 3. The Hall–Kier alpha value is -3.84. The maximum Gasteiger partial charge on any atom is 0.354 e. The second kappa shape index (κ2) is 16.4. The monoisotopic (exact) mass is 568 g/mol. The normalized spacial score (nSPS) is 13.1. The molecule has 0 unspecified atom stereocenters. The highest BCUT2D eigenvalue weighted by atomic mass is 16.5. The SMILES string of the molecule is CCN(CC)CCCNc1nc(NCCCN(CC)CC)nc(Nc2cccc(N3N=C(C(=O)OC)CC3=O)c2)n1. The number of amides is 1. The van der Waals surface area contributed by atoms with Crippen molar-refractivity contribution in [1.82, 2.24) is 24.8 Å². The van der Waals surface area contributed by atoms with Gasteiger partial charge in [0.05, 0.1) is 19.2 Å². The molecule has 0 atom stereocenters. The first-order valence-corrected chi connectivity index (χ1v) is 14.4. The van der Waals surface area contributed by atoms with E-state index >= 15 is 0 Å². The molecule has 0 aliphatic carbocycles. The molecule has 2 aromatic rings. The topological polar surface area (TPSA) is 140 Å². The Morgan fingerprint density at radius 2 is 1.46 bits per heavy atom. The van der Waals surface area contributed by atoms with Gasteiger partial charge in [0.15, 0.2) is 5.71 Å². The van der Waals surface area contributed by atoms with Crippen molar-refractivity contribution in [2.24, 2.45) is 5.10 Å². The molecule has 0 radical (unpaired) electrons. The van der Waals surface area contributed by atoms with Crippen LogP contribution in [0.2, 0.25) is 0 Å². The summed E-state index contributed by atoms with van der Waals surface area (Å²) in [6.07, 6.45) is 1.82. The number of hydrazone groups is 1. The lowest BCUT2D eigenvalue weighted by Gasteiger charge is -2.18. The lowest BCUT2D eigenvalue weighted by atomic mass is 10.2. The second-order valence-corrected chi connectivity index (χ2v) is 9.52. The van der Waals surface area contributed by atoms with Gasteiger partial charge < -0.3 is 30.5 Å². The minimum absolute atomic E-state index is 0.0711. The number of hydrogen-bond acceptors (Lipinski definition) is 12. The number of nitrogens with zero attached hydrogens (tertiary/aromatic N) is 7. The number of hydrogen-bond donors (Lipinski definition) is 3. The van der Waals surface area contributed by atoms with Gasteiger partial charge in [0, 0.05) is 18.8 Å². The van der Waals surface area contributed by atoms with Crippen molar-refractivity contribution in [2.75, 3.05) is 80.4 Å². The lowest BCUT2D eigenvalue weighted by molar-refractivity contribution is -0.133. The Bertz CT molecular complexity index is 1130. The molecule has 0 spiro atoms. The molecule has 13 heteroatoms. The van der Waals surface area contributed by atoms with Crippen LogP contribution in [-0.4, -0.2) is 102 Å². The zero-order valence-corrected chi connectivity index (χ0v) is 24.9. The van der Waals surface area contributed by atoms with Crippen LogP contribution in [-0.2, 0) is 14.3 Å². The van der Waals surface area contributed by atoms with Crippen molar-refractivity contribution in [3.8, 4) is 0 Å². The molecule has 0 saturated carbocycles. The highest BCUT2D eigenvalue weighted by Gasteiger charge is 2.30. The molecular formula is C28H44N10O3. The predicted molar refractivity (Wildman–Crippen MR) is 163 cm³/mol. The first-order chi connectivity index (χ1) is 19.9. The van der Waals surface area contributed by atoms with E-state index in [-0.39, 0.29) is 18.0 Å². The number of ether oxygens (including phenoxy) is 1. The van der Waals surface area contributed by atoms with E-state index < -0.39 is 5.97 Å². The van der Waals surface area contributed by atoms with Gasteiger partial charge in [-0.2, -0.15) is 25.1 Å². The average Bonchev–Trinajstić information content (AvgIpc) is 3.38. The van der Waals surface area contributed by atoms with E-state index in [1.165, 1.54) is 12.1 Å². The molecule has 2 heterocycles. The van der Waals surface area contributed by atoms with Crippen molar-refractivity contribution in [2.45, 2.75) is 47.0 Å². The van der Waals surface area contributed by atoms with Crippen LogP contribution in [0.3, 0.4) is 0 Å². The molecular weight excluding hydrogens is 524 g/mol. The number of carbonyl (C=O) groups is 2. The number of benzene rings is 1. The summed E-state index contributed by atoms with van der Waals surface area (Å²) in [5, 5.41) is 15.2. The minimum atomic E-state index is -0.616. The lowest BCUT2D eigenvalue weighted by Crippen LogP contribution is -2.26. The fourth-order valence-corrected chi connectivity index (χ4v) is 4.38. The number of aromatic nitrogens is 3. The van der Waals surface area contributed by atoms with Gasteiger partial charge in [0.2, 0.25) is 17.8 Å². The van der Waals surface area contributed by atoms with Crippen LogP contribution < -0.4 is 21.0 Å². The van der Waals surface area contributed by atoms with E-state index in [0.717, 1.165) is 65.2 Å². The predicted octanol–water partition coefficient (Wildman–Crippen LogP) is 3.17. The van der Waals surface area contributed by atoms with Gasteiger partial charge in [-0.15, -0.1) is 0 Å². The van der Waals surface area contributed by atoms with Crippen LogP contribution in [0, 0.1) is 0 Å². The molecule has 1 amide bonds. The minimum Gasteiger partial charge on any atom is -0.464 e. The molecule has 41 heavy (non-hydrogen) atoms. The van der Waals surface area contributed by atoms with Crippen LogP contribution in [0.5, 0.6) is 0 Å². The van der Waals surface area contributed by atoms with E-state index in [1.807, 2.05) is 6.07 Å². The summed E-state index contributed by atoms with van der Waals surface area (Å²) in [7, 11) is 1.26. The Morgan fingerprint density at radius 3 is 2.00 bits per heavy atom. The molecule has 1 aromatic carbocycles. The van der Waals surface area contributed by atoms with E-state index in [0.29, 0.717) is 29.2 Å². The number of methoxy groups -OCH3 is 1. The van der Waals surface area contributed by atoms with Gasteiger partial charge in [-0.1, -0.05) is 33.8 Å². The van der Waals surface area contributed by atoms with Crippen molar-refractivity contribution in [3.05, 3.63) is 24.3 Å². The third-order valence-corrected chi connectivity index (χ3v) is 6.84. The van der Waals surface area contributed by atoms with Gasteiger partial charge in [-0.25, -0.2) is 4.79 Å². The number of esters is 1. The standard InChI is InChI=1S/C28H44N10O3/c1-6-36(7-2)17-11-15-29-26-32-27(30-16-12-18-37(8-3)9-4)34-28(33-26)31-21-13-10-14-22(19-21)38-24(39)20-23(35-38)25(40)41-5/h10,13-14,19H,6-9,11-12,15-18,20H2,1-5H3,(H3,29,30,31,32,33,34). The summed E-state index contributed by atoms with van der Waals surface area (Å²) in [5.74, 6) is 0.392. The molecule has 1 aliphatic heterocycles. The first-order valence-electron chi connectivity index (χ1n) is 14.4. The van der Waals surface area contributed by atoms with Gasteiger partial charge >= 0.3 is 5.97 Å². The molecule has 13 nitrogen and oxygen atoms in total. The molecule has 0 saturated heterocycles. The average molecular weight is 569 g/mol. The molecule has 0 fully saturated rings. The van der Waals surface area contributed by atoms with E-state index in [4.69, 9.17) is 4.74 Å². The summed E-state index contributed by atoms with van der Waals surface area (Å²) in [5.41, 5.74) is 1.24. The van der Waals surface area contributed by atoms with Crippen LogP contribution in [0.1, 0.15) is 47.0 Å². The van der Waals surface area contributed by atoms with E-state index in [9.17, 15) is 9.59 Å². The van der Waals surface area contributed by atoms with Crippen molar-refractivity contribution >= 4 is 46.8 Å². The second-order valence-electron chi connectivity index (χ2n) is 9.52. The van der Waals surface area contributed by atoms with Crippen LogP contribution in [0.25, 0.3) is 0 Å². The Labute approximate surface area is 242 Å². The van der Waals surface area contributed by atoms with Crippen molar-refractivity contribution in [1.29, 1.82) is 0 Å². The summed E-state index contributed by atoms with van der Waals surface area (Å²) in [4.78, 5) is 42.8. The largest absolute Gasteiger partial charge is 0.464 e. The number of rotatable bonds is 18. The number of carbonyl (C=O) groups excluding carboxylic acids is 2.